The van der Waals surface area contributed by atoms with E-state index in [9.17, 15) is 4.79 Å². The molecule has 2 rings (SSSR count). The Morgan fingerprint density at radius 2 is 2.21 bits per heavy atom. The molecule has 0 bridgehead atoms. The number of aryl methyl sites for hydroxylation is 1. The van der Waals surface area contributed by atoms with Gasteiger partial charge in [-0.15, -0.1) is 0 Å². The number of carbonyl (C=O) groups excluding carboxylic acids is 1. The van der Waals surface area contributed by atoms with Crippen LogP contribution in [0.2, 0.25) is 0 Å². The largest absolute Gasteiger partial charge is 0.352 e. The first-order valence-electron chi connectivity index (χ1n) is 7.17. The Balaban J connectivity index is 1.74. The normalized spacial score (nSPS) is 18.2. The first-order valence-corrected chi connectivity index (χ1v) is 7.17. The van der Waals surface area contributed by atoms with Gasteiger partial charge in [-0.2, -0.15) is 0 Å². The van der Waals surface area contributed by atoms with E-state index in [2.05, 4.69) is 15.6 Å². The van der Waals surface area contributed by atoms with E-state index in [0.29, 0.717) is 12.6 Å². The highest BCUT2D eigenvalue weighted by Crippen LogP contribution is 2.17. The first-order chi connectivity index (χ1) is 9.16. The summed E-state index contributed by atoms with van der Waals surface area (Å²) in [6.07, 6.45) is 9.70. The predicted octanol–water partition coefficient (Wildman–Crippen LogP) is 1.35. The van der Waals surface area contributed by atoms with Gasteiger partial charge in [-0.05, 0) is 19.8 Å². The zero-order valence-corrected chi connectivity index (χ0v) is 11.9. The van der Waals surface area contributed by atoms with Crippen molar-refractivity contribution in [2.24, 2.45) is 7.05 Å². The van der Waals surface area contributed by atoms with Crippen LogP contribution >= 0.6 is 0 Å². The van der Waals surface area contributed by atoms with Crippen LogP contribution in [0.4, 0.5) is 0 Å². The number of hydrogen-bond donors (Lipinski definition) is 2. The highest BCUT2D eigenvalue weighted by atomic mass is 16.2. The monoisotopic (exact) mass is 264 g/mol. The lowest BCUT2D eigenvalue weighted by Gasteiger charge is -2.24. The molecule has 5 nitrogen and oxygen atoms in total. The van der Waals surface area contributed by atoms with Gasteiger partial charge in [0.1, 0.15) is 5.82 Å². The summed E-state index contributed by atoms with van der Waals surface area (Å²) in [5.41, 5.74) is 0. The van der Waals surface area contributed by atoms with Crippen molar-refractivity contribution in [1.29, 1.82) is 0 Å². The van der Waals surface area contributed by atoms with Gasteiger partial charge in [0.15, 0.2) is 0 Å². The average Bonchev–Trinajstić information content (AvgIpc) is 2.82. The molecule has 1 aliphatic carbocycles. The Hall–Kier alpha value is -1.36. The van der Waals surface area contributed by atoms with Crippen LogP contribution in [0.25, 0.3) is 0 Å². The molecule has 1 aromatic rings. The molecule has 1 fully saturated rings. The molecule has 0 spiro atoms. The molecule has 2 N–H and O–H groups in total. The topological polar surface area (TPSA) is 59.0 Å². The number of hydrogen-bond acceptors (Lipinski definition) is 3. The molecule has 5 heteroatoms. The van der Waals surface area contributed by atoms with Gasteiger partial charge < -0.3 is 9.88 Å². The molecule has 1 unspecified atom stereocenters. The number of nitrogens with one attached hydrogen (secondary N) is 2. The Morgan fingerprint density at radius 1 is 1.47 bits per heavy atom. The summed E-state index contributed by atoms with van der Waals surface area (Å²) in [5, 5.41) is 6.35. The predicted molar refractivity (Wildman–Crippen MR) is 74.5 cm³/mol. The average molecular weight is 264 g/mol. The van der Waals surface area contributed by atoms with Crippen LogP contribution in [0.1, 0.15) is 44.9 Å². The van der Waals surface area contributed by atoms with Crippen molar-refractivity contribution in [3.8, 4) is 0 Å². The third-order valence-electron chi connectivity index (χ3n) is 3.83. The van der Waals surface area contributed by atoms with Gasteiger partial charge >= 0.3 is 0 Å². The van der Waals surface area contributed by atoms with E-state index < -0.39 is 0 Å². The highest BCUT2D eigenvalue weighted by Gasteiger charge is 2.19. The summed E-state index contributed by atoms with van der Waals surface area (Å²) in [4.78, 5) is 16.3. The molecule has 0 radical (unpaired) electrons. The fourth-order valence-electron chi connectivity index (χ4n) is 2.48. The number of amides is 1. The molecular formula is C14H24N4O. The Morgan fingerprint density at radius 3 is 2.84 bits per heavy atom. The number of aromatic nitrogens is 2. The molecule has 1 saturated carbocycles. The van der Waals surface area contributed by atoms with Gasteiger partial charge in [0, 0.05) is 25.5 Å². The number of rotatable bonds is 5. The summed E-state index contributed by atoms with van der Waals surface area (Å²) in [6, 6.07) is 0.192. The van der Waals surface area contributed by atoms with Crippen molar-refractivity contribution in [2.45, 2.75) is 57.7 Å². The summed E-state index contributed by atoms with van der Waals surface area (Å²) in [6.45, 7) is 2.52. The molecule has 1 amide bonds. The first kappa shape index (κ1) is 14.1. The van der Waals surface area contributed by atoms with Crippen LogP contribution in [-0.2, 0) is 18.4 Å². The standard InChI is InChI=1S/C14H24N4O/c1-11(16-10-13-15-8-9-18(13)2)14(19)17-12-6-4-3-5-7-12/h8-9,11-12,16H,3-7,10H2,1-2H3,(H,17,19). The molecule has 0 saturated heterocycles. The van der Waals surface area contributed by atoms with E-state index in [4.69, 9.17) is 0 Å². The zero-order chi connectivity index (χ0) is 13.7. The van der Waals surface area contributed by atoms with Gasteiger partial charge in [-0.1, -0.05) is 19.3 Å². The molecular weight excluding hydrogens is 240 g/mol. The number of imidazole rings is 1. The van der Waals surface area contributed by atoms with E-state index in [1.54, 1.807) is 6.20 Å². The van der Waals surface area contributed by atoms with E-state index in [0.717, 1.165) is 18.7 Å². The maximum atomic E-state index is 12.1. The molecule has 1 atom stereocenters. The van der Waals surface area contributed by atoms with E-state index in [1.807, 2.05) is 24.7 Å². The van der Waals surface area contributed by atoms with Crippen molar-refractivity contribution in [3.63, 3.8) is 0 Å². The van der Waals surface area contributed by atoms with Crippen LogP contribution in [-0.4, -0.2) is 27.5 Å². The van der Waals surface area contributed by atoms with E-state index >= 15 is 0 Å². The van der Waals surface area contributed by atoms with Crippen molar-refractivity contribution in [3.05, 3.63) is 18.2 Å². The van der Waals surface area contributed by atoms with Gasteiger partial charge in [-0.3, -0.25) is 10.1 Å². The lowest BCUT2D eigenvalue weighted by molar-refractivity contribution is -0.123. The Labute approximate surface area is 114 Å². The SMILES string of the molecule is CC(NCc1nccn1C)C(=O)NC1CCCCC1. The van der Waals surface area contributed by atoms with Crippen LogP contribution in [0.15, 0.2) is 12.4 Å². The van der Waals surface area contributed by atoms with E-state index in [1.165, 1.54) is 19.3 Å². The minimum Gasteiger partial charge on any atom is -0.352 e. The number of carbonyl (C=O) groups is 1. The van der Waals surface area contributed by atoms with Crippen molar-refractivity contribution in [2.75, 3.05) is 0 Å². The smallest absolute Gasteiger partial charge is 0.237 e. The van der Waals surface area contributed by atoms with Gasteiger partial charge in [0.2, 0.25) is 5.91 Å². The molecule has 0 aromatic carbocycles. The zero-order valence-electron chi connectivity index (χ0n) is 11.9. The van der Waals surface area contributed by atoms with Crippen molar-refractivity contribution < 1.29 is 4.79 Å². The Kier molecular flexibility index (Phi) is 4.96. The lowest BCUT2D eigenvalue weighted by Crippen LogP contribution is -2.46. The van der Waals surface area contributed by atoms with E-state index in [-0.39, 0.29) is 11.9 Å². The van der Waals surface area contributed by atoms with Gasteiger partial charge in [0.25, 0.3) is 0 Å². The Bertz CT molecular complexity index is 409. The van der Waals surface area contributed by atoms with Gasteiger partial charge in [-0.25, -0.2) is 4.98 Å². The molecule has 106 valence electrons. The van der Waals surface area contributed by atoms with Crippen LogP contribution in [0, 0.1) is 0 Å². The minimum atomic E-state index is -0.182. The molecule has 1 heterocycles. The minimum absolute atomic E-state index is 0.0982. The van der Waals surface area contributed by atoms with Crippen LogP contribution < -0.4 is 10.6 Å². The van der Waals surface area contributed by atoms with Gasteiger partial charge in [0.05, 0.1) is 12.6 Å². The van der Waals surface area contributed by atoms with Crippen molar-refractivity contribution in [1.82, 2.24) is 20.2 Å². The molecule has 1 aliphatic rings. The highest BCUT2D eigenvalue weighted by molar-refractivity contribution is 5.81. The molecule has 19 heavy (non-hydrogen) atoms. The fourth-order valence-corrected chi connectivity index (χ4v) is 2.48. The van der Waals surface area contributed by atoms with Crippen molar-refractivity contribution >= 4 is 5.91 Å². The maximum absolute atomic E-state index is 12.1. The molecule has 0 aliphatic heterocycles. The summed E-state index contributed by atoms with van der Waals surface area (Å²) in [7, 11) is 1.96. The summed E-state index contributed by atoms with van der Waals surface area (Å²) in [5.74, 6) is 1.04. The third-order valence-corrected chi connectivity index (χ3v) is 3.83. The second-order valence-electron chi connectivity index (χ2n) is 5.40. The second kappa shape index (κ2) is 6.70. The second-order valence-corrected chi connectivity index (χ2v) is 5.40. The lowest BCUT2D eigenvalue weighted by atomic mass is 9.95. The quantitative estimate of drug-likeness (QED) is 0.844. The summed E-state index contributed by atoms with van der Waals surface area (Å²) < 4.78 is 1.96. The maximum Gasteiger partial charge on any atom is 0.237 e. The number of nitrogens with zero attached hydrogens (tertiary/aromatic N) is 2. The molecule has 1 aromatic heterocycles. The third kappa shape index (κ3) is 4.06. The van der Waals surface area contributed by atoms with Crippen LogP contribution in [0.3, 0.4) is 0 Å². The summed E-state index contributed by atoms with van der Waals surface area (Å²) >= 11 is 0. The van der Waals surface area contributed by atoms with Crippen LogP contribution in [0.5, 0.6) is 0 Å². The fraction of sp³-hybridized carbons (Fsp3) is 0.714.